The standard InChI is InChI=1S/C23H30O3/c1-4-22-9-7-18-17-6-5-16(24-3)14-19(17)15(2)13-20(18)21(22)8-10-23(22)25-11-12-26-23/h5-6,14-15,21H,4,7-13H2,1-3H3/t15?,21-,22-/m0/s1. The Kier molecular flexibility index (Phi) is 3.78. The van der Waals surface area contributed by atoms with Gasteiger partial charge in [0.1, 0.15) is 5.75 Å². The zero-order valence-corrected chi connectivity index (χ0v) is 16.3. The van der Waals surface area contributed by atoms with Crippen LogP contribution in [-0.4, -0.2) is 26.1 Å². The number of allylic oxidation sites excluding steroid dienone is 2. The van der Waals surface area contributed by atoms with Crippen molar-refractivity contribution in [3.05, 3.63) is 34.9 Å². The maximum Gasteiger partial charge on any atom is 0.174 e. The average molecular weight is 354 g/mol. The molecule has 0 aromatic heterocycles. The van der Waals surface area contributed by atoms with Crippen LogP contribution in [0.25, 0.3) is 5.57 Å². The van der Waals surface area contributed by atoms with Crippen LogP contribution < -0.4 is 4.74 Å². The molecule has 4 aliphatic rings. The lowest BCUT2D eigenvalue weighted by atomic mass is 9.58. The Morgan fingerprint density at radius 2 is 2.00 bits per heavy atom. The monoisotopic (exact) mass is 354 g/mol. The molecule has 0 radical (unpaired) electrons. The quantitative estimate of drug-likeness (QED) is 0.721. The van der Waals surface area contributed by atoms with Crippen LogP contribution in [0.5, 0.6) is 5.75 Å². The summed E-state index contributed by atoms with van der Waals surface area (Å²) in [5, 5.41) is 0. The van der Waals surface area contributed by atoms with Gasteiger partial charge in [0.15, 0.2) is 5.79 Å². The molecule has 1 saturated carbocycles. The van der Waals surface area contributed by atoms with E-state index in [0.717, 1.165) is 38.2 Å². The Hall–Kier alpha value is -1.32. The van der Waals surface area contributed by atoms with Crippen molar-refractivity contribution < 1.29 is 14.2 Å². The Morgan fingerprint density at radius 3 is 2.73 bits per heavy atom. The van der Waals surface area contributed by atoms with E-state index in [1.165, 1.54) is 30.4 Å². The average Bonchev–Trinajstić information content (AvgIpc) is 3.28. The number of methoxy groups -OCH3 is 1. The molecule has 3 aliphatic carbocycles. The highest BCUT2D eigenvalue weighted by molar-refractivity contribution is 5.76. The van der Waals surface area contributed by atoms with Gasteiger partial charge in [0, 0.05) is 11.8 Å². The van der Waals surface area contributed by atoms with Gasteiger partial charge in [-0.05, 0) is 72.8 Å². The molecule has 0 N–H and O–H groups in total. The second-order valence-corrected chi connectivity index (χ2v) is 8.61. The molecule has 5 rings (SSSR count). The first-order valence-corrected chi connectivity index (χ1v) is 10.3. The van der Waals surface area contributed by atoms with Gasteiger partial charge in [-0.3, -0.25) is 0 Å². The van der Waals surface area contributed by atoms with Gasteiger partial charge in [0.2, 0.25) is 0 Å². The van der Waals surface area contributed by atoms with Gasteiger partial charge in [-0.1, -0.05) is 25.5 Å². The maximum atomic E-state index is 6.31. The van der Waals surface area contributed by atoms with Crippen molar-refractivity contribution in [1.29, 1.82) is 0 Å². The molecule has 2 fully saturated rings. The van der Waals surface area contributed by atoms with Crippen LogP contribution in [0.3, 0.4) is 0 Å². The molecule has 1 heterocycles. The second kappa shape index (κ2) is 5.84. The predicted octanol–water partition coefficient (Wildman–Crippen LogP) is 5.30. The maximum absolute atomic E-state index is 6.31. The third-order valence-electron chi connectivity index (χ3n) is 7.84. The molecule has 0 bridgehead atoms. The van der Waals surface area contributed by atoms with Gasteiger partial charge in [-0.15, -0.1) is 0 Å². The van der Waals surface area contributed by atoms with Crippen LogP contribution in [-0.2, 0) is 9.47 Å². The summed E-state index contributed by atoms with van der Waals surface area (Å²) in [5.41, 5.74) is 6.43. The lowest BCUT2D eigenvalue weighted by Gasteiger charge is -2.50. The topological polar surface area (TPSA) is 27.7 Å². The Balaban J connectivity index is 1.62. The van der Waals surface area contributed by atoms with Crippen LogP contribution in [0, 0.1) is 11.3 Å². The number of hydrogen-bond acceptors (Lipinski definition) is 3. The normalized spacial score (nSPS) is 34.6. The molecule has 1 aliphatic heterocycles. The number of fused-ring (bicyclic) bond motifs is 5. The summed E-state index contributed by atoms with van der Waals surface area (Å²) >= 11 is 0. The number of rotatable bonds is 2. The summed E-state index contributed by atoms with van der Waals surface area (Å²) in [6, 6.07) is 6.68. The van der Waals surface area contributed by atoms with Gasteiger partial charge in [0.25, 0.3) is 0 Å². The molecule has 1 saturated heterocycles. The Morgan fingerprint density at radius 1 is 1.19 bits per heavy atom. The SMILES string of the molecule is CC[C@]12CCC3=C(CC(C)c4cc(OC)ccc43)[C@@H]1CCC21OCCO1. The largest absolute Gasteiger partial charge is 0.497 e. The molecule has 3 nitrogen and oxygen atoms in total. The van der Waals surface area contributed by atoms with E-state index in [0.29, 0.717) is 11.8 Å². The zero-order chi connectivity index (χ0) is 17.9. The zero-order valence-electron chi connectivity index (χ0n) is 16.3. The number of hydrogen-bond donors (Lipinski definition) is 0. The summed E-state index contributed by atoms with van der Waals surface area (Å²) in [7, 11) is 1.76. The predicted molar refractivity (Wildman–Crippen MR) is 102 cm³/mol. The fourth-order valence-corrected chi connectivity index (χ4v) is 6.66. The summed E-state index contributed by atoms with van der Waals surface area (Å²) in [4.78, 5) is 0. The third kappa shape index (κ3) is 2.02. The van der Waals surface area contributed by atoms with E-state index in [4.69, 9.17) is 14.2 Å². The van der Waals surface area contributed by atoms with Crippen LogP contribution >= 0.6 is 0 Å². The molecule has 0 amide bonds. The van der Waals surface area contributed by atoms with Crippen LogP contribution in [0.2, 0.25) is 0 Å². The van der Waals surface area contributed by atoms with Crippen molar-refractivity contribution in [2.24, 2.45) is 11.3 Å². The lowest BCUT2D eigenvalue weighted by molar-refractivity contribution is -0.232. The van der Waals surface area contributed by atoms with E-state index < -0.39 is 0 Å². The van der Waals surface area contributed by atoms with E-state index >= 15 is 0 Å². The lowest BCUT2D eigenvalue weighted by Crippen LogP contribution is -2.49. The van der Waals surface area contributed by atoms with Gasteiger partial charge in [-0.2, -0.15) is 0 Å². The molecule has 1 spiro atoms. The van der Waals surface area contributed by atoms with Gasteiger partial charge < -0.3 is 14.2 Å². The first-order valence-electron chi connectivity index (χ1n) is 10.3. The second-order valence-electron chi connectivity index (χ2n) is 8.61. The highest BCUT2D eigenvalue weighted by Crippen LogP contribution is 2.66. The van der Waals surface area contributed by atoms with E-state index in [1.807, 2.05) is 0 Å². The minimum absolute atomic E-state index is 0.173. The Bertz CT molecular complexity index is 759. The first-order chi connectivity index (χ1) is 12.6. The minimum Gasteiger partial charge on any atom is -0.497 e. The molecule has 1 aromatic carbocycles. The van der Waals surface area contributed by atoms with Gasteiger partial charge in [0.05, 0.1) is 20.3 Å². The third-order valence-corrected chi connectivity index (χ3v) is 7.84. The summed E-state index contributed by atoms with van der Waals surface area (Å²) < 4.78 is 18.1. The molecule has 140 valence electrons. The smallest absolute Gasteiger partial charge is 0.174 e. The van der Waals surface area contributed by atoms with Crippen molar-refractivity contribution in [2.75, 3.05) is 20.3 Å². The number of ether oxygens (including phenoxy) is 3. The highest BCUT2D eigenvalue weighted by atomic mass is 16.7. The van der Waals surface area contributed by atoms with Crippen molar-refractivity contribution in [3.8, 4) is 5.75 Å². The fraction of sp³-hybridized carbons (Fsp3) is 0.652. The van der Waals surface area contributed by atoms with Gasteiger partial charge >= 0.3 is 0 Å². The van der Waals surface area contributed by atoms with Crippen LogP contribution in [0.4, 0.5) is 0 Å². The van der Waals surface area contributed by atoms with Crippen molar-refractivity contribution in [2.45, 2.75) is 64.1 Å². The molecule has 3 heteroatoms. The van der Waals surface area contributed by atoms with Crippen molar-refractivity contribution in [3.63, 3.8) is 0 Å². The van der Waals surface area contributed by atoms with Crippen LogP contribution in [0.15, 0.2) is 23.8 Å². The number of benzene rings is 1. The molecule has 26 heavy (non-hydrogen) atoms. The fourth-order valence-electron chi connectivity index (χ4n) is 6.66. The Labute approximate surface area is 156 Å². The summed E-state index contributed by atoms with van der Waals surface area (Å²) in [5.74, 6) is 1.83. The molecule has 1 unspecified atom stereocenters. The van der Waals surface area contributed by atoms with E-state index in [-0.39, 0.29) is 11.2 Å². The molecule has 1 aromatic rings. The van der Waals surface area contributed by atoms with E-state index in [2.05, 4.69) is 32.0 Å². The molecular weight excluding hydrogens is 324 g/mol. The van der Waals surface area contributed by atoms with Crippen LogP contribution in [0.1, 0.15) is 69.4 Å². The van der Waals surface area contributed by atoms with E-state index in [9.17, 15) is 0 Å². The minimum atomic E-state index is -0.311. The van der Waals surface area contributed by atoms with E-state index in [1.54, 1.807) is 18.3 Å². The highest BCUT2D eigenvalue weighted by Gasteiger charge is 2.64. The van der Waals surface area contributed by atoms with Crippen molar-refractivity contribution >= 4 is 5.57 Å². The summed E-state index contributed by atoms with van der Waals surface area (Å²) in [6.45, 7) is 6.25. The van der Waals surface area contributed by atoms with Gasteiger partial charge in [-0.25, -0.2) is 0 Å². The summed E-state index contributed by atoms with van der Waals surface area (Å²) in [6.07, 6.45) is 6.94. The van der Waals surface area contributed by atoms with Crippen molar-refractivity contribution in [1.82, 2.24) is 0 Å². The first kappa shape index (κ1) is 16.8. The molecule has 3 atom stereocenters. The molecular formula is C23H30O3.